The van der Waals surface area contributed by atoms with Crippen LogP contribution in [0.5, 0.6) is 11.5 Å². The van der Waals surface area contributed by atoms with Gasteiger partial charge < -0.3 is 19.6 Å². The van der Waals surface area contributed by atoms with Crippen molar-refractivity contribution in [2.75, 3.05) is 0 Å². The third-order valence-corrected chi connectivity index (χ3v) is 5.69. The highest BCUT2D eigenvalue weighted by atomic mass is 16.6. The number of aromatic amines is 1. The minimum Gasteiger partial charge on any atom is -0.508 e. The lowest BCUT2D eigenvalue weighted by Gasteiger charge is -2.19. The molecule has 5 aromatic rings. The van der Waals surface area contributed by atoms with Crippen LogP contribution in [0.15, 0.2) is 79.1 Å². The number of carbonyl (C=O) groups is 1. The number of phenols is 1. The lowest BCUT2D eigenvalue weighted by Crippen LogP contribution is -2.26. The Morgan fingerprint density at radius 1 is 0.944 bits per heavy atom. The van der Waals surface area contributed by atoms with Crippen LogP contribution in [0.25, 0.3) is 21.8 Å². The average molecular weight is 485 g/mol. The summed E-state index contributed by atoms with van der Waals surface area (Å²) in [7, 11) is 0. The maximum atomic E-state index is 12.1. The molecular weight excluding hydrogens is 452 g/mol. The van der Waals surface area contributed by atoms with Crippen LogP contribution in [-0.4, -0.2) is 26.4 Å². The molecule has 0 saturated carbocycles. The topological polar surface area (TPSA) is 76.5 Å². The molecule has 0 spiro atoms. The van der Waals surface area contributed by atoms with Gasteiger partial charge in [0.25, 0.3) is 0 Å². The highest BCUT2D eigenvalue weighted by Gasteiger charge is 2.20. The Labute approximate surface area is 211 Å². The van der Waals surface area contributed by atoms with Crippen molar-refractivity contribution in [3.63, 3.8) is 0 Å². The van der Waals surface area contributed by atoms with Crippen LogP contribution in [0.1, 0.15) is 37.5 Å². The van der Waals surface area contributed by atoms with Crippen LogP contribution in [0.3, 0.4) is 0 Å². The molecule has 0 aliphatic rings. The number of phenolic OH excluding ortho intramolecular Hbond substituents is 1. The van der Waals surface area contributed by atoms with Crippen molar-refractivity contribution < 1.29 is 19.4 Å². The van der Waals surface area contributed by atoms with Crippen LogP contribution in [0.4, 0.5) is 4.79 Å². The fourth-order valence-corrected chi connectivity index (χ4v) is 3.91. The minimum absolute atomic E-state index is 0.188. The molecule has 6 nitrogen and oxygen atoms in total. The van der Waals surface area contributed by atoms with Gasteiger partial charge in [-0.1, -0.05) is 30.3 Å². The van der Waals surface area contributed by atoms with E-state index in [1.807, 2.05) is 58.2 Å². The van der Waals surface area contributed by atoms with E-state index in [2.05, 4.69) is 36.2 Å². The van der Waals surface area contributed by atoms with Gasteiger partial charge in [-0.15, -0.1) is 0 Å². The van der Waals surface area contributed by atoms with E-state index in [0.29, 0.717) is 6.61 Å². The number of rotatable bonds is 3. The molecule has 5 rings (SSSR count). The fourth-order valence-electron chi connectivity index (χ4n) is 3.91. The van der Waals surface area contributed by atoms with Crippen LogP contribution in [0.2, 0.25) is 0 Å². The van der Waals surface area contributed by atoms with E-state index in [1.54, 1.807) is 24.4 Å². The van der Waals surface area contributed by atoms with Gasteiger partial charge >= 0.3 is 6.09 Å². The second kappa shape index (κ2) is 10.2. The number of aromatic hydroxyl groups is 1. The molecular formula is C30H32N2O4. The molecule has 186 valence electrons. The summed E-state index contributed by atoms with van der Waals surface area (Å²) in [5.74, 6) is 1.10. The molecule has 0 fully saturated rings. The highest BCUT2D eigenvalue weighted by molar-refractivity contribution is 5.92. The summed E-state index contributed by atoms with van der Waals surface area (Å²) in [5.41, 5.74) is 4.71. The van der Waals surface area contributed by atoms with Crippen molar-refractivity contribution in [1.82, 2.24) is 9.55 Å². The number of fused-ring (bicyclic) bond motifs is 2. The molecule has 0 unspecified atom stereocenters. The van der Waals surface area contributed by atoms with Crippen molar-refractivity contribution >= 4 is 27.9 Å². The van der Waals surface area contributed by atoms with Gasteiger partial charge in [-0.3, -0.25) is 4.57 Å². The molecule has 2 N–H and O–H groups in total. The Morgan fingerprint density at radius 3 is 2.42 bits per heavy atom. The molecule has 0 bridgehead atoms. The lowest BCUT2D eigenvalue weighted by molar-refractivity contribution is 0.0544. The third kappa shape index (κ3) is 5.89. The molecule has 3 aromatic carbocycles. The van der Waals surface area contributed by atoms with Crippen molar-refractivity contribution in [2.24, 2.45) is 0 Å². The normalized spacial score (nSPS) is 11.2. The summed E-state index contributed by atoms with van der Waals surface area (Å²) in [4.78, 5) is 15.3. The first-order valence-electron chi connectivity index (χ1n) is 11.9. The van der Waals surface area contributed by atoms with Crippen molar-refractivity contribution in [1.29, 1.82) is 0 Å². The van der Waals surface area contributed by atoms with Crippen molar-refractivity contribution in [3.05, 3.63) is 95.8 Å². The van der Waals surface area contributed by atoms with Gasteiger partial charge in [-0.05, 0) is 87.7 Å². The Morgan fingerprint density at radius 2 is 1.69 bits per heavy atom. The molecule has 0 amide bonds. The number of H-pyrrole nitrogens is 1. The predicted octanol–water partition coefficient (Wildman–Crippen LogP) is 7.49. The maximum absolute atomic E-state index is 12.1. The van der Waals surface area contributed by atoms with Gasteiger partial charge in [0.15, 0.2) is 0 Å². The first-order chi connectivity index (χ1) is 17.1. The number of nitrogens with one attached hydrogen (secondary N) is 1. The molecule has 0 atom stereocenters. The van der Waals surface area contributed by atoms with E-state index < -0.39 is 11.7 Å². The largest absolute Gasteiger partial charge is 0.508 e. The Kier molecular flexibility index (Phi) is 7.06. The van der Waals surface area contributed by atoms with Gasteiger partial charge in [0.05, 0.1) is 5.52 Å². The average Bonchev–Trinajstić information content (AvgIpc) is 3.37. The molecule has 2 heterocycles. The summed E-state index contributed by atoms with van der Waals surface area (Å²) in [6.07, 6.45) is 3.33. The Hall–Kier alpha value is -4.19. The van der Waals surface area contributed by atoms with Gasteiger partial charge in [0, 0.05) is 28.7 Å². The van der Waals surface area contributed by atoms with Crippen molar-refractivity contribution in [2.45, 2.75) is 46.8 Å². The predicted molar refractivity (Wildman–Crippen MR) is 144 cm³/mol. The van der Waals surface area contributed by atoms with E-state index in [1.165, 1.54) is 21.1 Å². The van der Waals surface area contributed by atoms with E-state index in [0.717, 1.165) is 27.7 Å². The van der Waals surface area contributed by atoms with Gasteiger partial charge in [-0.25, -0.2) is 4.79 Å². The molecule has 0 saturated heterocycles. The lowest BCUT2D eigenvalue weighted by atomic mass is 10.2. The monoisotopic (exact) mass is 484 g/mol. The van der Waals surface area contributed by atoms with Crippen LogP contribution in [-0.2, 0) is 11.3 Å². The second-order valence-electron chi connectivity index (χ2n) is 9.82. The van der Waals surface area contributed by atoms with Gasteiger partial charge in [0.2, 0.25) is 0 Å². The summed E-state index contributed by atoms with van der Waals surface area (Å²) in [5, 5.41) is 11.5. The zero-order chi connectivity index (χ0) is 25.9. The molecule has 2 aromatic heterocycles. The van der Waals surface area contributed by atoms with Gasteiger partial charge in [-0.2, -0.15) is 0 Å². The van der Waals surface area contributed by atoms with Gasteiger partial charge in [0.1, 0.15) is 23.7 Å². The summed E-state index contributed by atoms with van der Waals surface area (Å²) in [6.45, 7) is 10.1. The minimum atomic E-state index is -0.529. The van der Waals surface area contributed by atoms with Crippen LogP contribution >= 0.6 is 0 Å². The smallest absolute Gasteiger partial charge is 0.418 e. The maximum Gasteiger partial charge on any atom is 0.418 e. The number of ether oxygens (including phenoxy) is 2. The molecule has 0 radical (unpaired) electrons. The summed E-state index contributed by atoms with van der Waals surface area (Å²) < 4.78 is 12.6. The molecule has 6 heteroatoms. The fraction of sp³-hybridized carbons (Fsp3) is 0.233. The number of hydrogen-bond donors (Lipinski definition) is 2. The van der Waals surface area contributed by atoms with E-state index in [-0.39, 0.29) is 5.75 Å². The summed E-state index contributed by atoms with van der Waals surface area (Å²) in [6, 6.07) is 21.3. The second-order valence-corrected chi connectivity index (χ2v) is 9.82. The number of carbonyl (C=O) groups excluding carboxylic acids is 1. The number of aryl methyl sites for hydroxylation is 2. The zero-order valence-electron chi connectivity index (χ0n) is 21.3. The standard InChI is InChI=1S/C16H15NO.C14H17NO3/c1-12-10-17-16-8-7-14(9-15(12)16)18-11-13-5-3-2-4-6-13;1-9-8-15(13(17)18-14(2,3)4)12-6-5-10(16)7-11(9)12/h2-10,17H,11H2,1H3;5-8,16H,1-4H3. The van der Waals surface area contributed by atoms with Crippen molar-refractivity contribution in [3.8, 4) is 11.5 Å². The first kappa shape index (κ1) is 24.9. The first-order valence-corrected chi connectivity index (χ1v) is 11.9. The quantitative estimate of drug-likeness (QED) is 0.278. The van der Waals surface area contributed by atoms with Crippen LogP contribution < -0.4 is 4.74 Å². The zero-order valence-corrected chi connectivity index (χ0v) is 21.3. The van der Waals surface area contributed by atoms with E-state index >= 15 is 0 Å². The SMILES string of the molecule is Cc1c[nH]c2ccc(OCc3ccccc3)cc12.Cc1cn(C(=O)OC(C)(C)C)c2ccc(O)cc12. The number of benzene rings is 3. The molecule has 36 heavy (non-hydrogen) atoms. The number of hydrogen-bond acceptors (Lipinski definition) is 4. The van der Waals surface area contributed by atoms with E-state index in [4.69, 9.17) is 9.47 Å². The molecule has 0 aliphatic heterocycles. The number of aromatic nitrogens is 2. The summed E-state index contributed by atoms with van der Waals surface area (Å²) >= 11 is 0. The Balaban J connectivity index is 0.000000169. The number of nitrogens with zero attached hydrogens (tertiary/aromatic N) is 1. The van der Waals surface area contributed by atoms with Crippen LogP contribution in [0, 0.1) is 13.8 Å². The molecule has 0 aliphatic carbocycles. The highest BCUT2D eigenvalue weighted by Crippen LogP contribution is 2.26. The van der Waals surface area contributed by atoms with E-state index in [9.17, 15) is 9.90 Å². The third-order valence-electron chi connectivity index (χ3n) is 5.69. The Bertz CT molecular complexity index is 1490.